The van der Waals surface area contributed by atoms with Gasteiger partial charge in [-0.2, -0.15) is 0 Å². The quantitative estimate of drug-likeness (QED) is 0.641. The lowest BCUT2D eigenvalue weighted by molar-refractivity contribution is -0.126. The topological polar surface area (TPSA) is 80.3 Å². The molecular formula is C27H35N3O5. The monoisotopic (exact) mass is 481 g/mol. The third-order valence-electron chi connectivity index (χ3n) is 6.65. The van der Waals surface area contributed by atoms with Crippen LogP contribution in [0.15, 0.2) is 42.5 Å². The summed E-state index contributed by atoms with van der Waals surface area (Å²) >= 11 is 0. The second-order valence-corrected chi connectivity index (χ2v) is 8.91. The Morgan fingerprint density at radius 3 is 2.57 bits per heavy atom. The first kappa shape index (κ1) is 24.7. The molecule has 0 unspecified atom stereocenters. The molecule has 8 nitrogen and oxygen atoms in total. The highest BCUT2D eigenvalue weighted by Gasteiger charge is 2.34. The van der Waals surface area contributed by atoms with E-state index in [1.54, 1.807) is 7.11 Å². The number of carbonyl (C=O) groups is 2. The van der Waals surface area contributed by atoms with E-state index in [1.165, 1.54) is 0 Å². The van der Waals surface area contributed by atoms with Crippen molar-refractivity contribution in [1.29, 1.82) is 0 Å². The molecule has 2 aliphatic rings. The highest BCUT2D eigenvalue weighted by molar-refractivity contribution is 5.94. The van der Waals surface area contributed by atoms with Crippen molar-refractivity contribution >= 4 is 17.6 Å². The Balaban J connectivity index is 1.31. The van der Waals surface area contributed by atoms with E-state index in [4.69, 9.17) is 14.2 Å². The van der Waals surface area contributed by atoms with E-state index in [9.17, 15) is 9.59 Å². The Morgan fingerprint density at radius 1 is 1.09 bits per heavy atom. The van der Waals surface area contributed by atoms with Gasteiger partial charge in [0.2, 0.25) is 5.91 Å². The van der Waals surface area contributed by atoms with E-state index in [2.05, 4.69) is 12.2 Å². The number of hydrogen-bond acceptors (Lipinski definition) is 5. The zero-order valence-corrected chi connectivity index (χ0v) is 20.8. The smallest absolute Gasteiger partial charge is 0.324 e. The molecule has 0 bridgehead atoms. The number of rotatable bonds is 7. The molecule has 0 aliphatic carbocycles. The number of carbonyl (C=O) groups excluding carboxylic acids is 2. The Labute approximate surface area is 207 Å². The number of fused-ring (bicyclic) bond motifs is 1. The summed E-state index contributed by atoms with van der Waals surface area (Å²) in [5.74, 6) is 2.01. The Morgan fingerprint density at radius 2 is 1.86 bits per heavy atom. The van der Waals surface area contributed by atoms with E-state index in [1.807, 2.05) is 59.2 Å². The van der Waals surface area contributed by atoms with Crippen LogP contribution in [0.3, 0.4) is 0 Å². The van der Waals surface area contributed by atoms with Crippen LogP contribution in [0.1, 0.15) is 38.7 Å². The summed E-state index contributed by atoms with van der Waals surface area (Å²) in [5.41, 5.74) is 1.76. The van der Waals surface area contributed by atoms with Crippen LogP contribution in [0.25, 0.3) is 0 Å². The van der Waals surface area contributed by atoms with Crippen LogP contribution in [-0.4, -0.2) is 56.3 Å². The first-order valence-electron chi connectivity index (χ1n) is 12.4. The molecule has 8 heteroatoms. The number of ether oxygens (including phenoxy) is 3. The number of benzene rings is 2. The predicted octanol–water partition coefficient (Wildman–Crippen LogP) is 4.22. The number of amides is 3. The highest BCUT2D eigenvalue weighted by atomic mass is 16.5. The van der Waals surface area contributed by atoms with Crippen molar-refractivity contribution in [3.05, 3.63) is 48.0 Å². The molecule has 1 fully saturated rings. The van der Waals surface area contributed by atoms with Gasteiger partial charge in [0.05, 0.1) is 25.9 Å². The fraction of sp³-hybridized carbons (Fsp3) is 0.481. The molecule has 0 spiro atoms. The van der Waals surface area contributed by atoms with Crippen LogP contribution in [0.4, 0.5) is 10.5 Å². The fourth-order valence-corrected chi connectivity index (χ4v) is 4.63. The molecule has 0 radical (unpaired) electrons. The van der Waals surface area contributed by atoms with E-state index in [0.717, 1.165) is 23.4 Å². The van der Waals surface area contributed by atoms with Crippen LogP contribution >= 0.6 is 0 Å². The number of nitrogens with zero attached hydrogens (tertiary/aromatic N) is 2. The molecule has 1 atom stereocenters. The molecular weight excluding hydrogens is 446 g/mol. The molecule has 1 saturated heterocycles. The molecule has 1 N–H and O–H groups in total. The summed E-state index contributed by atoms with van der Waals surface area (Å²) in [6.07, 6.45) is 2.11. The minimum atomic E-state index is -0.107. The van der Waals surface area contributed by atoms with Gasteiger partial charge in [-0.3, -0.25) is 9.69 Å². The first-order valence-corrected chi connectivity index (χ1v) is 12.4. The van der Waals surface area contributed by atoms with Crippen molar-refractivity contribution in [2.24, 2.45) is 5.92 Å². The second kappa shape index (κ2) is 11.3. The van der Waals surface area contributed by atoms with Crippen LogP contribution in [0, 0.1) is 5.92 Å². The molecule has 0 saturated carbocycles. The lowest BCUT2D eigenvalue weighted by Crippen LogP contribution is -2.52. The van der Waals surface area contributed by atoms with Gasteiger partial charge in [-0.05, 0) is 56.0 Å². The number of nitrogens with one attached hydrogen (secondary N) is 1. The van der Waals surface area contributed by atoms with E-state index in [0.29, 0.717) is 57.1 Å². The van der Waals surface area contributed by atoms with Crippen molar-refractivity contribution in [2.75, 3.05) is 38.3 Å². The number of anilines is 1. The average molecular weight is 482 g/mol. The lowest BCUT2D eigenvalue weighted by atomic mass is 9.96. The maximum absolute atomic E-state index is 13.4. The van der Waals surface area contributed by atoms with Crippen molar-refractivity contribution in [3.63, 3.8) is 0 Å². The van der Waals surface area contributed by atoms with Gasteiger partial charge in [-0.25, -0.2) is 4.79 Å². The van der Waals surface area contributed by atoms with Gasteiger partial charge in [-0.15, -0.1) is 0 Å². The van der Waals surface area contributed by atoms with E-state index < -0.39 is 0 Å². The summed E-state index contributed by atoms with van der Waals surface area (Å²) in [6, 6.07) is 13.3. The Hall–Kier alpha value is -3.42. The van der Waals surface area contributed by atoms with Crippen molar-refractivity contribution in [2.45, 2.75) is 45.8 Å². The molecule has 0 aromatic heterocycles. The highest BCUT2D eigenvalue weighted by Crippen LogP contribution is 2.35. The summed E-state index contributed by atoms with van der Waals surface area (Å²) < 4.78 is 17.0. The number of methoxy groups -OCH3 is 1. The van der Waals surface area contributed by atoms with Gasteiger partial charge in [0.25, 0.3) is 0 Å². The SMILES string of the molecule is CCOc1ccc(CNC(=O)C2CCN(C(=O)N3C[C@@H](CC)Oc4ccccc43)CC2)cc1OC. The van der Waals surface area contributed by atoms with Gasteiger partial charge in [-0.1, -0.05) is 25.1 Å². The Bertz CT molecular complexity index is 1040. The van der Waals surface area contributed by atoms with E-state index in [-0.39, 0.29) is 24.0 Å². The maximum atomic E-state index is 13.4. The van der Waals surface area contributed by atoms with E-state index >= 15 is 0 Å². The van der Waals surface area contributed by atoms with Crippen molar-refractivity contribution < 1.29 is 23.8 Å². The molecule has 2 aromatic carbocycles. The van der Waals surface area contributed by atoms with Crippen molar-refractivity contribution in [1.82, 2.24) is 10.2 Å². The summed E-state index contributed by atoms with van der Waals surface area (Å²) in [7, 11) is 1.60. The first-order chi connectivity index (χ1) is 17.0. The molecule has 3 amide bonds. The maximum Gasteiger partial charge on any atom is 0.324 e. The average Bonchev–Trinajstić information content (AvgIpc) is 2.91. The lowest BCUT2D eigenvalue weighted by Gasteiger charge is -2.39. The number of para-hydroxylation sites is 2. The fourth-order valence-electron chi connectivity index (χ4n) is 4.63. The number of likely N-dealkylation sites (tertiary alicyclic amines) is 1. The summed E-state index contributed by atoms with van der Waals surface area (Å²) in [4.78, 5) is 29.9. The van der Waals surface area contributed by atoms with Crippen molar-refractivity contribution in [3.8, 4) is 17.2 Å². The molecule has 2 heterocycles. The minimum absolute atomic E-state index is 0.0143. The van der Waals surface area contributed by atoms with Gasteiger partial charge >= 0.3 is 6.03 Å². The van der Waals surface area contributed by atoms with Crippen LogP contribution in [-0.2, 0) is 11.3 Å². The normalized spacial score (nSPS) is 17.9. The molecule has 188 valence electrons. The minimum Gasteiger partial charge on any atom is -0.493 e. The Kier molecular flexibility index (Phi) is 8.00. The van der Waals surface area contributed by atoms with Crippen LogP contribution in [0.2, 0.25) is 0 Å². The van der Waals surface area contributed by atoms with Gasteiger partial charge in [0.15, 0.2) is 11.5 Å². The summed E-state index contributed by atoms with van der Waals surface area (Å²) in [6.45, 7) is 6.63. The molecule has 2 aromatic rings. The third-order valence-corrected chi connectivity index (χ3v) is 6.65. The number of piperidine rings is 1. The molecule has 4 rings (SSSR count). The van der Waals surface area contributed by atoms with Gasteiger partial charge in [0, 0.05) is 25.6 Å². The summed E-state index contributed by atoms with van der Waals surface area (Å²) in [5, 5.41) is 3.04. The van der Waals surface area contributed by atoms with Crippen LogP contribution in [0.5, 0.6) is 17.2 Å². The second-order valence-electron chi connectivity index (χ2n) is 8.91. The third kappa shape index (κ3) is 5.63. The number of urea groups is 1. The zero-order valence-electron chi connectivity index (χ0n) is 20.8. The molecule has 35 heavy (non-hydrogen) atoms. The standard InChI is InChI=1S/C27H35N3O5/c1-4-21-18-30(22-8-6-7-9-23(22)35-21)27(32)29-14-12-20(13-15-29)26(31)28-17-19-10-11-24(34-5-2)25(16-19)33-3/h6-11,16,20-21H,4-5,12-15,17-18H2,1-3H3,(H,28,31)/t21-/m1/s1. The largest absolute Gasteiger partial charge is 0.493 e. The van der Waals surface area contributed by atoms with Gasteiger partial charge in [0.1, 0.15) is 11.9 Å². The number of hydrogen-bond donors (Lipinski definition) is 1. The predicted molar refractivity (Wildman–Crippen MR) is 134 cm³/mol. The van der Waals surface area contributed by atoms with Crippen LogP contribution < -0.4 is 24.4 Å². The van der Waals surface area contributed by atoms with Gasteiger partial charge < -0.3 is 24.4 Å². The zero-order chi connectivity index (χ0) is 24.8. The molecule has 2 aliphatic heterocycles.